The van der Waals surface area contributed by atoms with E-state index < -0.39 is 5.41 Å². The fourth-order valence-electron chi connectivity index (χ4n) is 4.07. The number of nitrogens with zero attached hydrogens (tertiary/aromatic N) is 4. The summed E-state index contributed by atoms with van der Waals surface area (Å²) in [7, 11) is 0. The quantitative estimate of drug-likeness (QED) is 0.751. The molecule has 2 aliphatic rings. The summed E-state index contributed by atoms with van der Waals surface area (Å²) in [4.78, 5) is 23.5. The Morgan fingerprint density at radius 3 is 2.68 bits per heavy atom. The third-order valence-corrected chi connectivity index (χ3v) is 5.77. The van der Waals surface area contributed by atoms with Gasteiger partial charge in [-0.15, -0.1) is 0 Å². The van der Waals surface area contributed by atoms with Crippen LogP contribution in [0, 0.1) is 22.7 Å². The van der Waals surface area contributed by atoms with Gasteiger partial charge in [-0.2, -0.15) is 5.26 Å². The van der Waals surface area contributed by atoms with Crippen LogP contribution in [0.2, 0.25) is 0 Å². The number of fused-ring (bicyclic) bond motifs is 1. The van der Waals surface area contributed by atoms with E-state index in [1.54, 1.807) is 11.1 Å². The molecule has 3 aromatic rings. The van der Waals surface area contributed by atoms with Crippen molar-refractivity contribution in [1.29, 1.82) is 5.26 Å². The molecule has 1 saturated heterocycles. The van der Waals surface area contributed by atoms with Crippen LogP contribution >= 0.6 is 0 Å². The molecule has 1 aliphatic carbocycles. The lowest BCUT2D eigenvalue weighted by molar-refractivity contribution is -0.123. The van der Waals surface area contributed by atoms with Crippen molar-refractivity contribution in [3.05, 3.63) is 54.9 Å². The van der Waals surface area contributed by atoms with Gasteiger partial charge < -0.3 is 10.2 Å². The molecule has 1 aromatic carbocycles. The Labute approximate surface area is 162 Å². The number of pyridine rings is 2. The molecule has 2 aromatic heterocycles. The third kappa shape index (κ3) is 2.67. The van der Waals surface area contributed by atoms with Gasteiger partial charge >= 0.3 is 0 Å². The standard InChI is InChI=1S/C22H19N5O/c23-14-22(17-5-6-17)8-10-27(21(22)28)18-7-9-24-20(12-18)26-19-11-15-3-1-2-4-16(15)13-25-19/h1-4,7,9,11-13,17H,5-6,8,10H2,(H,24,25,26)/t22-/m1/s1. The molecule has 0 unspecified atom stereocenters. The lowest BCUT2D eigenvalue weighted by Gasteiger charge is -2.21. The highest BCUT2D eigenvalue weighted by Gasteiger charge is 2.56. The number of aromatic nitrogens is 2. The minimum atomic E-state index is -0.837. The second-order valence-corrected chi connectivity index (χ2v) is 7.51. The number of nitriles is 1. The van der Waals surface area contributed by atoms with Crippen LogP contribution in [0.3, 0.4) is 0 Å². The molecule has 1 saturated carbocycles. The van der Waals surface area contributed by atoms with Crippen LogP contribution in [0.15, 0.2) is 54.9 Å². The van der Waals surface area contributed by atoms with Crippen LogP contribution in [0.1, 0.15) is 19.3 Å². The zero-order chi connectivity index (χ0) is 19.1. The predicted molar refractivity (Wildman–Crippen MR) is 107 cm³/mol. The average molecular weight is 369 g/mol. The van der Waals surface area contributed by atoms with Gasteiger partial charge in [0.2, 0.25) is 5.91 Å². The molecule has 0 spiro atoms. The summed E-state index contributed by atoms with van der Waals surface area (Å²) < 4.78 is 0. The van der Waals surface area contributed by atoms with Crippen molar-refractivity contribution in [3.63, 3.8) is 0 Å². The van der Waals surface area contributed by atoms with Crippen molar-refractivity contribution in [2.24, 2.45) is 11.3 Å². The molecule has 6 nitrogen and oxygen atoms in total. The molecule has 5 rings (SSSR count). The predicted octanol–water partition coefficient (Wildman–Crippen LogP) is 4.03. The summed E-state index contributed by atoms with van der Waals surface area (Å²) in [6.45, 7) is 0.570. The SMILES string of the molecule is N#C[C@@]1(C2CC2)CCN(c2ccnc(Nc3cc4ccccc4cn3)c2)C1=O. The van der Waals surface area contributed by atoms with Crippen LogP contribution in [-0.2, 0) is 4.79 Å². The van der Waals surface area contributed by atoms with E-state index in [0.29, 0.717) is 24.6 Å². The molecule has 1 atom stereocenters. The topological polar surface area (TPSA) is 81.9 Å². The van der Waals surface area contributed by atoms with Gasteiger partial charge in [-0.3, -0.25) is 4.79 Å². The maximum absolute atomic E-state index is 13.0. The largest absolute Gasteiger partial charge is 0.325 e. The van der Waals surface area contributed by atoms with Crippen molar-refractivity contribution >= 4 is 34.0 Å². The van der Waals surface area contributed by atoms with Crippen molar-refractivity contribution in [3.8, 4) is 6.07 Å². The maximum atomic E-state index is 13.0. The van der Waals surface area contributed by atoms with E-state index in [9.17, 15) is 10.1 Å². The first kappa shape index (κ1) is 16.7. The first-order valence-corrected chi connectivity index (χ1v) is 9.51. The molecule has 1 amide bonds. The summed E-state index contributed by atoms with van der Waals surface area (Å²) in [6, 6.07) is 16.0. The number of nitrogens with one attached hydrogen (secondary N) is 1. The van der Waals surface area contributed by atoms with Crippen LogP contribution in [0.5, 0.6) is 0 Å². The number of amides is 1. The van der Waals surface area contributed by atoms with Gasteiger partial charge in [0.15, 0.2) is 0 Å². The Bertz CT molecular complexity index is 1120. The molecular weight excluding hydrogens is 350 g/mol. The van der Waals surface area contributed by atoms with Crippen molar-refractivity contribution in [2.45, 2.75) is 19.3 Å². The summed E-state index contributed by atoms with van der Waals surface area (Å²) >= 11 is 0. The summed E-state index contributed by atoms with van der Waals surface area (Å²) in [6.07, 6.45) is 6.05. The van der Waals surface area contributed by atoms with E-state index in [4.69, 9.17) is 0 Å². The van der Waals surface area contributed by atoms with E-state index in [0.717, 1.165) is 29.3 Å². The van der Waals surface area contributed by atoms with Gasteiger partial charge in [0.1, 0.15) is 17.1 Å². The Morgan fingerprint density at radius 1 is 1.11 bits per heavy atom. The van der Waals surface area contributed by atoms with Gasteiger partial charge in [0.05, 0.1) is 6.07 Å². The van der Waals surface area contributed by atoms with Crippen LogP contribution in [0.4, 0.5) is 17.3 Å². The molecule has 0 radical (unpaired) electrons. The third-order valence-electron chi connectivity index (χ3n) is 5.77. The molecule has 0 bridgehead atoms. The van der Waals surface area contributed by atoms with Gasteiger partial charge in [0, 0.05) is 36.1 Å². The zero-order valence-corrected chi connectivity index (χ0v) is 15.3. The van der Waals surface area contributed by atoms with Gasteiger partial charge in [-0.05, 0) is 42.7 Å². The monoisotopic (exact) mass is 369 g/mol. The average Bonchev–Trinajstić information content (AvgIpc) is 3.52. The summed E-state index contributed by atoms with van der Waals surface area (Å²) in [5, 5.41) is 15.1. The van der Waals surface area contributed by atoms with Crippen molar-refractivity contribution in [1.82, 2.24) is 9.97 Å². The number of benzene rings is 1. The molecule has 2 fully saturated rings. The fourth-order valence-corrected chi connectivity index (χ4v) is 4.07. The molecule has 1 aliphatic heterocycles. The van der Waals surface area contributed by atoms with Crippen LogP contribution in [0.25, 0.3) is 10.8 Å². The first-order chi connectivity index (χ1) is 13.7. The van der Waals surface area contributed by atoms with Gasteiger partial charge in [-0.1, -0.05) is 24.3 Å². The summed E-state index contributed by atoms with van der Waals surface area (Å²) in [5.41, 5.74) is -0.0717. The molecule has 138 valence electrons. The molecule has 28 heavy (non-hydrogen) atoms. The lowest BCUT2D eigenvalue weighted by Crippen LogP contribution is -2.35. The van der Waals surface area contributed by atoms with E-state index in [-0.39, 0.29) is 11.8 Å². The van der Waals surface area contributed by atoms with E-state index in [2.05, 4.69) is 21.4 Å². The smallest absolute Gasteiger partial charge is 0.247 e. The van der Waals surface area contributed by atoms with Crippen LogP contribution < -0.4 is 10.2 Å². The first-order valence-electron chi connectivity index (χ1n) is 9.51. The molecule has 6 heteroatoms. The maximum Gasteiger partial charge on any atom is 0.247 e. The number of rotatable bonds is 4. The van der Waals surface area contributed by atoms with Crippen molar-refractivity contribution in [2.75, 3.05) is 16.8 Å². The Morgan fingerprint density at radius 2 is 1.89 bits per heavy atom. The molecule has 1 N–H and O–H groups in total. The second kappa shape index (κ2) is 6.31. The van der Waals surface area contributed by atoms with E-state index in [1.807, 2.05) is 48.7 Å². The highest BCUT2D eigenvalue weighted by Crippen LogP contribution is 2.51. The minimum absolute atomic E-state index is 0.0709. The number of anilines is 3. The van der Waals surface area contributed by atoms with Crippen LogP contribution in [-0.4, -0.2) is 22.4 Å². The number of carbonyl (C=O) groups is 1. The molecule has 3 heterocycles. The normalized spacial score (nSPS) is 21.7. The highest BCUT2D eigenvalue weighted by molar-refractivity contribution is 6.02. The zero-order valence-electron chi connectivity index (χ0n) is 15.3. The number of hydrogen-bond donors (Lipinski definition) is 1. The lowest BCUT2D eigenvalue weighted by atomic mass is 9.83. The minimum Gasteiger partial charge on any atom is -0.325 e. The Hall–Kier alpha value is -3.46. The Balaban J connectivity index is 1.40. The highest BCUT2D eigenvalue weighted by atomic mass is 16.2. The number of carbonyl (C=O) groups excluding carboxylic acids is 1. The van der Waals surface area contributed by atoms with E-state index >= 15 is 0 Å². The van der Waals surface area contributed by atoms with Gasteiger partial charge in [-0.25, -0.2) is 9.97 Å². The molecular formula is C22H19N5O. The van der Waals surface area contributed by atoms with E-state index in [1.165, 1.54) is 0 Å². The number of hydrogen-bond acceptors (Lipinski definition) is 5. The summed E-state index contributed by atoms with van der Waals surface area (Å²) in [5.74, 6) is 1.46. The fraction of sp³-hybridized carbons (Fsp3) is 0.273. The Kier molecular flexibility index (Phi) is 3.76. The second-order valence-electron chi connectivity index (χ2n) is 7.51. The van der Waals surface area contributed by atoms with Gasteiger partial charge in [0.25, 0.3) is 0 Å². The van der Waals surface area contributed by atoms with Crippen molar-refractivity contribution < 1.29 is 4.79 Å².